The van der Waals surface area contributed by atoms with Crippen LogP contribution in [0, 0.1) is 10.8 Å². The standard InChI is InChI=1S/C10H22Cl2O2Si/c1-9(2,3)7-13-15(11,12)14-8-10(4,5)6/h7-8H2,1-6H3. The molecule has 92 valence electrons. The van der Waals surface area contributed by atoms with Gasteiger partial charge >= 0.3 is 7.18 Å². The Morgan fingerprint density at radius 1 is 0.800 bits per heavy atom. The third-order valence-electron chi connectivity index (χ3n) is 1.35. The van der Waals surface area contributed by atoms with Gasteiger partial charge in [0.25, 0.3) is 0 Å². The van der Waals surface area contributed by atoms with Crippen LogP contribution in [-0.4, -0.2) is 20.4 Å². The maximum atomic E-state index is 6.01. The molecule has 0 aliphatic rings. The molecule has 0 rings (SSSR count). The van der Waals surface area contributed by atoms with Gasteiger partial charge in [-0.05, 0) is 10.8 Å². The van der Waals surface area contributed by atoms with E-state index in [1.54, 1.807) is 0 Å². The van der Waals surface area contributed by atoms with Crippen LogP contribution in [0.2, 0.25) is 0 Å². The van der Waals surface area contributed by atoms with Crippen molar-refractivity contribution >= 4 is 29.3 Å². The lowest BCUT2D eigenvalue weighted by Gasteiger charge is -2.26. The van der Waals surface area contributed by atoms with Crippen molar-refractivity contribution in [2.24, 2.45) is 10.8 Å². The number of rotatable bonds is 4. The second-order valence-electron chi connectivity index (χ2n) is 6.16. The summed E-state index contributed by atoms with van der Waals surface area (Å²) in [5.41, 5.74) is 0.0975. The van der Waals surface area contributed by atoms with E-state index < -0.39 is 7.18 Å². The lowest BCUT2D eigenvalue weighted by Crippen LogP contribution is -2.36. The van der Waals surface area contributed by atoms with Gasteiger partial charge < -0.3 is 8.85 Å². The van der Waals surface area contributed by atoms with Gasteiger partial charge in [0, 0.05) is 13.2 Å². The molecule has 0 saturated carbocycles. The van der Waals surface area contributed by atoms with Crippen molar-refractivity contribution in [3.63, 3.8) is 0 Å². The van der Waals surface area contributed by atoms with E-state index in [2.05, 4.69) is 41.5 Å². The Morgan fingerprint density at radius 3 is 1.27 bits per heavy atom. The summed E-state index contributed by atoms with van der Waals surface area (Å²) in [6.45, 7) is 13.4. The van der Waals surface area contributed by atoms with Gasteiger partial charge in [0.1, 0.15) is 0 Å². The molecular weight excluding hydrogens is 251 g/mol. The number of halogens is 2. The highest BCUT2D eigenvalue weighted by molar-refractivity contribution is 7.39. The van der Waals surface area contributed by atoms with E-state index in [0.29, 0.717) is 13.2 Å². The van der Waals surface area contributed by atoms with Crippen LogP contribution in [0.1, 0.15) is 41.5 Å². The Labute approximate surface area is 104 Å². The van der Waals surface area contributed by atoms with Crippen LogP contribution in [-0.2, 0) is 8.85 Å². The molecule has 0 heterocycles. The van der Waals surface area contributed by atoms with Crippen LogP contribution in [0.3, 0.4) is 0 Å². The smallest absolute Gasteiger partial charge is 0.371 e. The fraction of sp³-hybridized carbons (Fsp3) is 1.00. The highest BCUT2D eigenvalue weighted by Gasteiger charge is 2.36. The van der Waals surface area contributed by atoms with Crippen molar-refractivity contribution < 1.29 is 8.85 Å². The van der Waals surface area contributed by atoms with Crippen LogP contribution in [0.15, 0.2) is 0 Å². The molecule has 0 radical (unpaired) electrons. The average molecular weight is 273 g/mol. The molecule has 5 heteroatoms. The summed E-state index contributed by atoms with van der Waals surface area (Å²) >= 11 is 12.0. The molecule has 0 amide bonds. The summed E-state index contributed by atoms with van der Waals surface area (Å²) in [6.07, 6.45) is 0. The van der Waals surface area contributed by atoms with E-state index in [9.17, 15) is 0 Å². The number of hydrogen-bond acceptors (Lipinski definition) is 2. The monoisotopic (exact) mass is 272 g/mol. The third kappa shape index (κ3) is 11.0. The van der Waals surface area contributed by atoms with Crippen molar-refractivity contribution in [3.8, 4) is 0 Å². The van der Waals surface area contributed by atoms with Gasteiger partial charge in [-0.1, -0.05) is 63.7 Å². The van der Waals surface area contributed by atoms with E-state index in [0.717, 1.165) is 0 Å². The fourth-order valence-electron chi connectivity index (χ4n) is 0.643. The Morgan fingerprint density at radius 2 is 1.07 bits per heavy atom. The molecule has 15 heavy (non-hydrogen) atoms. The van der Waals surface area contributed by atoms with E-state index >= 15 is 0 Å². The largest absolute Gasteiger partial charge is 0.551 e. The van der Waals surface area contributed by atoms with Gasteiger partial charge in [-0.2, -0.15) is 0 Å². The first kappa shape index (κ1) is 15.7. The summed E-state index contributed by atoms with van der Waals surface area (Å²) in [4.78, 5) is 0. The Kier molecular flexibility index (Phi) is 5.62. The second kappa shape index (κ2) is 5.37. The topological polar surface area (TPSA) is 18.5 Å². The molecule has 0 aliphatic heterocycles. The maximum Gasteiger partial charge on any atom is 0.551 e. The molecule has 0 aromatic rings. The molecule has 0 atom stereocenters. The summed E-state index contributed by atoms with van der Waals surface area (Å²) < 4.78 is 10.9. The molecule has 0 fully saturated rings. The summed E-state index contributed by atoms with van der Waals surface area (Å²) in [5.74, 6) is 0. The summed E-state index contributed by atoms with van der Waals surface area (Å²) in [7, 11) is -2.98. The predicted molar refractivity (Wildman–Crippen MR) is 68.3 cm³/mol. The predicted octanol–water partition coefficient (Wildman–Crippen LogP) is 4.03. The molecule has 0 aromatic heterocycles. The van der Waals surface area contributed by atoms with Gasteiger partial charge in [-0.3, -0.25) is 0 Å². The van der Waals surface area contributed by atoms with E-state index in [1.807, 2.05) is 0 Å². The highest BCUT2D eigenvalue weighted by Crippen LogP contribution is 2.25. The molecular formula is C10H22Cl2O2Si. The van der Waals surface area contributed by atoms with Crippen molar-refractivity contribution in [1.29, 1.82) is 0 Å². The zero-order valence-corrected chi connectivity index (χ0v) is 13.0. The first-order valence-corrected chi connectivity index (χ1v) is 8.91. The lowest BCUT2D eigenvalue weighted by atomic mass is 9.99. The summed E-state index contributed by atoms with van der Waals surface area (Å²) in [6, 6.07) is 0. The van der Waals surface area contributed by atoms with Crippen molar-refractivity contribution in [2.45, 2.75) is 41.5 Å². The first-order chi connectivity index (χ1) is 6.41. The molecule has 0 saturated heterocycles. The van der Waals surface area contributed by atoms with Crippen LogP contribution in [0.25, 0.3) is 0 Å². The van der Waals surface area contributed by atoms with Gasteiger partial charge in [0.2, 0.25) is 0 Å². The molecule has 0 bridgehead atoms. The third-order valence-corrected chi connectivity index (χ3v) is 3.62. The van der Waals surface area contributed by atoms with Gasteiger partial charge in [-0.15, -0.1) is 0 Å². The van der Waals surface area contributed by atoms with Crippen LogP contribution >= 0.6 is 22.2 Å². The Hall–Kier alpha value is 0.717. The normalized spacial score (nSPS) is 14.4. The second-order valence-corrected chi connectivity index (χ2v) is 11.2. The fourth-order valence-corrected chi connectivity index (χ4v) is 2.58. The molecule has 0 spiro atoms. The highest BCUT2D eigenvalue weighted by atomic mass is 35.7. The quantitative estimate of drug-likeness (QED) is 0.569. The molecule has 2 nitrogen and oxygen atoms in total. The molecule has 0 unspecified atom stereocenters. The average Bonchev–Trinajstić information content (AvgIpc) is 1.96. The zero-order chi connectivity index (χ0) is 12.3. The van der Waals surface area contributed by atoms with E-state index in [1.165, 1.54) is 0 Å². The minimum absolute atomic E-state index is 0.0487. The van der Waals surface area contributed by atoms with E-state index in [4.69, 9.17) is 31.0 Å². The first-order valence-electron chi connectivity index (χ1n) is 5.07. The zero-order valence-electron chi connectivity index (χ0n) is 10.5. The van der Waals surface area contributed by atoms with Crippen LogP contribution in [0.5, 0.6) is 0 Å². The Bertz CT molecular complexity index is 175. The van der Waals surface area contributed by atoms with Gasteiger partial charge in [0.05, 0.1) is 0 Å². The lowest BCUT2D eigenvalue weighted by molar-refractivity contribution is 0.117. The minimum Gasteiger partial charge on any atom is -0.371 e. The van der Waals surface area contributed by atoms with Gasteiger partial charge in [0.15, 0.2) is 0 Å². The SMILES string of the molecule is CC(C)(C)CO[Si](Cl)(Cl)OCC(C)(C)C. The van der Waals surface area contributed by atoms with Crippen molar-refractivity contribution in [2.75, 3.05) is 13.2 Å². The van der Waals surface area contributed by atoms with Crippen LogP contribution < -0.4 is 0 Å². The Balaban J connectivity index is 3.98. The van der Waals surface area contributed by atoms with Crippen LogP contribution in [0.4, 0.5) is 0 Å². The molecule has 0 N–H and O–H groups in total. The summed E-state index contributed by atoms with van der Waals surface area (Å²) in [5, 5.41) is 0. The van der Waals surface area contributed by atoms with Gasteiger partial charge in [-0.25, -0.2) is 0 Å². The van der Waals surface area contributed by atoms with E-state index in [-0.39, 0.29) is 10.8 Å². The maximum absolute atomic E-state index is 6.01. The number of hydrogen-bond donors (Lipinski definition) is 0. The minimum atomic E-state index is -2.98. The van der Waals surface area contributed by atoms with Crippen molar-refractivity contribution in [1.82, 2.24) is 0 Å². The molecule has 0 aromatic carbocycles. The van der Waals surface area contributed by atoms with Crippen molar-refractivity contribution in [3.05, 3.63) is 0 Å². The molecule has 0 aliphatic carbocycles.